The van der Waals surface area contributed by atoms with Gasteiger partial charge in [0.25, 0.3) is 0 Å². The van der Waals surface area contributed by atoms with Gasteiger partial charge in [0.15, 0.2) is 0 Å². The Morgan fingerprint density at radius 1 is 0.900 bits per heavy atom. The van der Waals surface area contributed by atoms with Gasteiger partial charge in [-0.2, -0.15) is 0 Å². The molecular weight excluding hydrogens is 526 g/mol. The Bertz CT molecular complexity index is 1430. The van der Waals surface area contributed by atoms with Crippen molar-refractivity contribution < 1.29 is 23.8 Å². The number of carbonyl (C=O) groups is 2. The van der Waals surface area contributed by atoms with Gasteiger partial charge < -0.3 is 14.2 Å². The molecule has 0 saturated heterocycles. The van der Waals surface area contributed by atoms with E-state index in [2.05, 4.69) is 0 Å². The molecule has 7 heteroatoms. The molecule has 3 aromatic carbocycles. The van der Waals surface area contributed by atoms with E-state index in [1.807, 2.05) is 92.7 Å². The summed E-state index contributed by atoms with van der Waals surface area (Å²) in [5, 5.41) is 0.655. The van der Waals surface area contributed by atoms with Gasteiger partial charge in [0.1, 0.15) is 30.5 Å². The van der Waals surface area contributed by atoms with Crippen LogP contribution in [-0.4, -0.2) is 37.3 Å². The maximum absolute atomic E-state index is 13.9. The topological polar surface area (TPSA) is 74.2 Å². The second-order valence-electron chi connectivity index (χ2n) is 9.95. The summed E-state index contributed by atoms with van der Waals surface area (Å²) >= 11 is 6.10. The molecule has 0 spiro atoms. The van der Waals surface area contributed by atoms with Crippen LogP contribution in [0, 0.1) is 5.92 Å². The van der Waals surface area contributed by atoms with Crippen LogP contribution >= 0.6 is 11.6 Å². The average molecular weight is 558 g/mol. The van der Waals surface area contributed by atoms with E-state index >= 15 is 0 Å². The molecule has 1 unspecified atom stereocenters. The predicted octanol–water partition coefficient (Wildman–Crippen LogP) is 6.94. The van der Waals surface area contributed by atoms with Crippen molar-refractivity contribution >= 4 is 29.1 Å². The van der Waals surface area contributed by atoms with E-state index in [-0.39, 0.29) is 24.9 Å². The number of nitrogens with zero attached hydrogens (tertiary/aromatic N) is 1. The van der Waals surface area contributed by atoms with Crippen LogP contribution in [0.4, 0.5) is 0 Å². The van der Waals surface area contributed by atoms with Crippen LogP contribution in [0.15, 0.2) is 95.1 Å². The fourth-order valence-corrected chi connectivity index (χ4v) is 5.79. The van der Waals surface area contributed by atoms with E-state index in [1.54, 1.807) is 0 Å². The molecule has 0 amide bonds. The SMILES string of the molecule is CCOc1ccccc1[C@@H]1C(C(=O)OCCOc2ccccc2)=C(C)N=C2C[C@@H](c3ccc(Cl)cc3)CC(=O)C21. The van der Waals surface area contributed by atoms with Gasteiger partial charge in [0.2, 0.25) is 0 Å². The summed E-state index contributed by atoms with van der Waals surface area (Å²) in [6.45, 7) is 4.46. The van der Waals surface area contributed by atoms with Crippen LogP contribution in [0.25, 0.3) is 0 Å². The first-order valence-electron chi connectivity index (χ1n) is 13.6. The number of benzene rings is 3. The third-order valence-electron chi connectivity index (χ3n) is 7.40. The average Bonchev–Trinajstić information content (AvgIpc) is 2.96. The van der Waals surface area contributed by atoms with Gasteiger partial charge in [0.05, 0.1) is 18.1 Å². The summed E-state index contributed by atoms with van der Waals surface area (Å²) in [5.41, 5.74) is 3.57. The molecule has 5 rings (SSSR count). The Hall–Kier alpha value is -3.90. The Kier molecular flexibility index (Phi) is 8.66. The van der Waals surface area contributed by atoms with Crippen LogP contribution in [-0.2, 0) is 14.3 Å². The maximum Gasteiger partial charge on any atom is 0.336 e. The van der Waals surface area contributed by atoms with E-state index in [9.17, 15) is 9.59 Å². The van der Waals surface area contributed by atoms with Crippen molar-refractivity contribution in [3.05, 3.63) is 106 Å². The normalized spacial score (nSPS) is 20.4. The van der Waals surface area contributed by atoms with Crippen molar-refractivity contribution in [1.29, 1.82) is 0 Å². The summed E-state index contributed by atoms with van der Waals surface area (Å²) in [7, 11) is 0. The smallest absolute Gasteiger partial charge is 0.336 e. The number of esters is 1. The molecule has 0 N–H and O–H groups in total. The molecular formula is C33H32ClNO5. The second-order valence-corrected chi connectivity index (χ2v) is 10.4. The van der Waals surface area contributed by atoms with Gasteiger partial charge in [-0.1, -0.05) is 60.1 Å². The minimum Gasteiger partial charge on any atom is -0.494 e. The van der Waals surface area contributed by atoms with Crippen LogP contribution in [0.5, 0.6) is 11.5 Å². The summed E-state index contributed by atoms with van der Waals surface area (Å²) < 4.78 is 17.3. The monoisotopic (exact) mass is 557 g/mol. The molecule has 206 valence electrons. The molecule has 2 aliphatic rings. The Morgan fingerprint density at radius 3 is 2.38 bits per heavy atom. The molecule has 3 aromatic rings. The lowest BCUT2D eigenvalue weighted by molar-refractivity contribution is -0.140. The van der Waals surface area contributed by atoms with E-state index in [4.69, 9.17) is 30.8 Å². The zero-order valence-corrected chi connectivity index (χ0v) is 23.4. The number of rotatable bonds is 9. The van der Waals surface area contributed by atoms with Crippen molar-refractivity contribution in [2.24, 2.45) is 10.9 Å². The van der Waals surface area contributed by atoms with Crippen molar-refractivity contribution in [3.8, 4) is 11.5 Å². The van der Waals surface area contributed by atoms with Crippen LogP contribution in [0.1, 0.15) is 49.7 Å². The lowest BCUT2D eigenvalue weighted by Crippen LogP contribution is -2.41. The largest absolute Gasteiger partial charge is 0.494 e. The third kappa shape index (κ3) is 5.97. The molecule has 0 bridgehead atoms. The summed E-state index contributed by atoms with van der Waals surface area (Å²) in [5.74, 6) is -0.235. The highest BCUT2D eigenvalue weighted by atomic mass is 35.5. The standard InChI is InChI=1S/C33H32ClNO5/c1-3-38-29-12-8-7-11-26(29)31-30(33(37)40-18-17-39-25-9-5-4-6-10-25)21(2)35-27-19-23(20-28(36)32(27)31)22-13-15-24(34)16-14-22/h4-16,23,31-32H,3,17-20H2,1-2H3/t23-,31-,32?/m1/s1. The van der Waals surface area contributed by atoms with Gasteiger partial charge in [-0.3, -0.25) is 9.79 Å². The van der Waals surface area contributed by atoms with E-state index in [0.29, 0.717) is 47.2 Å². The summed E-state index contributed by atoms with van der Waals surface area (Å²) in [4.78, 5) is 32.3. The number of allylic oxidation sites excluding steroid dienone is 1. The van der Waals surface area contributed by atoms with Crippen molar-refractivity contribution in [2.75, 3.05) is 19.8 Å². The molecule has 1 heterocycles. The van der Waals surface area contributed by atoms with E-state index in [0.717, 1.165) is 16.8 Å². The number of hydrogen-bond acceptors (Lipinski definition) is 6. The number of halogens is 1. The molecule has 0 radical (unpaired) electrons. The molecule has 40 heavy (non-hydrogen) atoms. The number of para-hydroxylation sites is 2. The lowest BCUT2D eigenvalue weighted by Gasteiger charge is -2.38. The quantitative estimate of drug-likeness (QED) is 0.210. The molecule has 1 aliphatic heterocycles. The van der Waals surface area contributed by atoms with E-state index < -0.39 is 17.8 Å². The fourth-order valence-electron chi connectivity index (χ4n) is 5.66. The highest BCUT2D eigenvalue weighted by Gasteiger charge is 2.47. The number of carbonyl (C=O) groups excluding carboxylic acids is 2. The Morgan fingerprint density at radius 2 is 1.62 bits per heavy atom. The van der Waals surface area contributed by atoms with Crippen LogP contribution < -0.4 is 9.47 Å². The van der Waals surface area contributed by atoms with Gasteiger partial charge in [-0.15, -0.1) is 0 Å². The minimum absolute atomic E-state index is 0.000936. The van der Waals surface area contributed by atoms with Crippen molar-refractivity contribution in [1.82, 2.24) is 0 Å². The molecule has 1 fully saturated rings. The number of aliphatic imine (C=N–C) groups is 1. The van der Waals surface area contributed by atoms with Crippen molar-refractivity contribution in [2.45, 2.75) is 38.5 Å². The zero-order valence-electron chi connectivity index (χ0n) is 22.6. The Balaban J connectivity index is 1.46. The maximum atomic E-state index is 13.9. The molecule has 0 aromatic heterocycles. The molecule has 6 nitrogen and oxygen atoms in total. The number of Topliss-reactive ketones (excluding diaryl/α,β-unsaturated/α-hetero) is 1. The molecule has 1 saturated carbocycles. The van der Waals surface area contributed by atoms with Gasteiger partial charge >= 0.3 is 5.97 Å². The summed E-state index contributed by atoms with van der Waals surface area (Å²) in [6.07, 6.45) is 0.973. The third-order valence-corrected chi connectivity index (χ3v) is 7.65. The first-order chi connectivity index (χ1) is 19.5. The molecule has 1 aliphatic carbocycles. The first kappa shape index (κ1) is 27.7. The lowest BCUT2D eigenvalue weighted by atomic mass is 9.66. The Labute approximate surface area is 239 Å². The second kappa shape index (κ2) is 12.5. The summed E-state index contributed by atoms with van der Waals surface area (Å²) in [6, 6.07) is 24.6. The predicted molar refractivity (Wildman–Crippen MR) is 155 cm³/mol. The first-order valence-corrected chi connectivity index (χ1v) is 14.0. The molecule has 3 atom stereocenters. The van der Waals surface area contributed by atoms with Crippen molar-refractivity contribution in [3.63, 3.8) is 0 Å². The van der Waals surface area contributed by atoms with Gasteiger partial charge in [-0.25, -0.2) is 4.79 Å². The minimum atomic E-state index is -0.572. The number of fused-ring (bicyclic) bond motifs is 1. The fraction of sp³-hybridized carbons (Fsp3) is 0.303. The van der Waals surface area contributed by atoms with E-state index in [1.165, 1.54) is 0 Å². The number of hydrogen-bond donors (Lipinski definition) is 0. The van der Waals surface area contributed by atoms with Gasteiger partial charge in [0, 0.05) is 34.3 Å². The zero-order chi connectivity index (χ0) is 28.1. The number of ketones is 1. The van der Waals surface area contributed by atoms with Crippen LogP contribution in [0.3, 0.4) is 0 Å². The highest BCUT2D eigenvalue weighted by molar-refractivity contribution is 6.30. The van der Waals surface area contributed by atoms with Crippen LogP contribution in [0.2, 0.25) is 5.02 Å². The number of ether oxygens (including phenoxy) is 3. The van der Waals surface area contributed by atoms with Gasteiger partial charge in [-0.05, 0) is 62.1 Å². The highest BCUT2D eigenvalue weighted by Crippen LogP contribution is 2.48.